The lowest BCUT2D eigenvalue weighted by molar-refractivity contribution is -0.255. The molecule has 0 heterocycles. The maximum atomic E-state index is 14.2. The van der Waals surface area contributed by atoms with Crippen molar-refractivity contribution in [1.29, 1.82) is 0 Å². The maximum absolute atomic E-state index is 14.2. The summed E-state index contributed by atoms with van der Waals surface area (Å²) in [4.78, 5) is 0. The van der Waals surface area contributed by atoms with E-state index in [0.29, 0.717) is 19.6 Å². The highest BCUT2D eigenvalue weighted by atomic mass is 19.2. The van der Waals surface area contributed by atoms with E-state index >= 15 is 0 Å². The number of hydrogen-bond donors (Lipinski definition) is 0. The van der Waals surface area contributed by atoms with Crippen molar-refractivity contribution in [2.24, 2.45) is 11.8 Å². The van der Waals surface area contributed by atoms with Gasteiger partial charge in [0, 0.05) is 24.7 Å². The topological polar surface area (TPSA) is 18.5 Å². The Balaban J connectivity index is 2.98. The highest BCUT2D eigenvalue weighted by molar-refractivity contribution is 5.24. The fourth-order valence-electron chi connectivity index (χ4n) is 4.36. The molecule has 0 aliphatic carbocycles. The Morgan fingerprint density at radius 3 is 1.69 bits per heavy atom. The zero-order valence-corrected chi connectivity index (χ0v) is 20.1. The Morgan fingerprint density at radius 2 is 1.19 bits per heavy atom. The molecule has 0 spiro atoms. The first-order valence-electron chi connectivity index (χ1n) is 11.9. The van der Waals surface area contributed by atoms with Gasteiger partial charge in [0.05, 0.1) is 0 Å². The summed E-state index contributed by atoms with van der Waals surface area (Å²) in [6.07, 6.45) is 7.74. The van der Waals surface area contributed by atoms with E-state index in [0.717, 1.165) is 25.7 Å². The maximum Gasteiger partial charge on any atom is 0.200 e. The summed E-state index contributed by atoms with van der Waals surface area (Å²) >= 11 is 0. The first-order valence-corrected chi connectivity index (χ1v) is 11.9. The van der Waals surface area contributed by atoms with Gasteiger partial charge in [0.25, 0.3) is 0 Å². The van der Waals surface area contributed by atoms with Crippen molar-refractivity contribution in [1.82, 2.24) is 0 Å². The van der Waals surface area contributed by atoms with Crippen LogP contribution < -0.4 is 0 Å². The van der Waals surface area contributed by atoms with Gasteiger partial charge < -0.3 is 9.47 Å². The van der Waals surface area contributed by atoms with Crippen LogP contribution in [-0.2, 0) is 15.9 Å². The first-order chi connectivity index (χ1) is 15.1. The average Bonchev–Trinajstić information content (AvgIpc) is 2.75. The van der Waals surface area contributed by atoms with Gasteiger partial charge in [0.1, 0.15) is 0 Å². The molecule has 0 radical (unpaired) electrons. The second-order valence-electron chi connectivity index (χ2n) is 8.73. The molecular formula is C25H39F5O2. The summed E-state index contributed by atoms with van der Waals surface area (Å²) in [5.41, 5.74) is -0.762. The van der Waals surface area contributed by atoms with Crippen molar-refractivity contribution in [3.05, 3.63) is 34.6 Å². The lowest BCUT2D eigenvalue weighted by Crippen LogP contribution is -2.42. The van der Waals surface area contributed by atoms with Crippen LogP contribution in [-0.4, -0.2) is 19.0 Å². The molecule has 1 rings (SSSR count). The van der Waals surface area contributed by atoms with Gasteiger partial charge in [0.15, 0.2) is 29.1 Å². The summed E-state index contributed by atoms with van der Waals surface area (Å²) in [7, 11) is 0. The molecule has 2 nitrogen and oxygen atoms in total. The number of halogens is 5. The summed E-state index contributed by atoms with van der Waals surface area (Å²) < 4.78 is 80.7. The van der Waals surface area contributed by atoms with Crippen LogP contribution in [0.3, 0.4) is 0 Å². The SMILES string of the molecule is CCCCCCCCC(CC(C)Cc1c(F)c(F)c(F)c(F)c1F)C(C)(OCC)OCC. The van der Waals surface area contributed by atoms with E-state index in [9.17, 15) is 22.0 Å². The summed E-state index contributed by atoms with van der Waals surface area (Å²) in [5.74, 6) is -10.7. The van der Waals surface area contributed by atoms with Crippen LogP contribution in [0.1, 0.15) is 91.5 Å². The van der Waals surface area contributed by atoms with Gasteiger partial charge in [-0.2, -0.15) is 0 Å². The molecule has 1 aromatic carbocycles. The number of benzene rings is 1. The van der Waals surface area contributed by atoms with Crippen molar-refractivity contribution < 1.29 is 31.4 Å². The summed E-state index contributed by atoms with van der Waals surface area (Å²) in [6.45, 7) is 10.4. The van der Waals surface area contributed by atoms with E-state index < -0.39 is 40.4 Å². The third kappa shape index (κ3) is 7.98. The van der Waals surface area contributed by atoms with Crippen LogP contribution in [0, 0.1) is 40.9 Å². The Hall–Kier alpha value is -1.21. The first kappa shape index (κ1) is 28.8. The Morgan fingerprint density at radius 1 is 0.719 bits per heavy atom. The molecule has 32 heavy (non-hydrogen) atoms. The third-order valence-corrected chi connectivity index (χ3v) is 6.05. The number of ether oxygens (including phenoxy) is 2. The van der Waals surface area contributed by atoms with Crippen molar-refractivity contribution in [2.75, 3.05) is 13.2 Å². The van der Waals surface area contributed by atoms with E-state index in [1.54, 1.807) is 6.92 Å². The van der Waals surface area contributed by atoms with E-state index in [4.69, 9.17) is 9.47 Å². The largest absolute Gasteiger partial charge is 0.350 e. The van der Waals surface area contributed by atoms with Crippen molar-refractivity contribution in [3.63, 3.8) is 0 Å². The van der Waals surface area contributed by atoms with Crippen LogP contribution in [0.5, 0.6) is 0 Å². The minimum atomic E-state index is -2.13. The molecule has 0 saturated heterocycles. The van der Waals surface area contributed by atoms with Crippen LogP contribution in [0.15, 0.2) is 0 Å². The fourth-order valence-corrected chi connectivity index (χ4v) is 4.36. The van der Waals surface area contributed by atoms with E-state index in [2.05, 4.69) is 6.92 Å². The molecule has 2 unspecified atom stereocenters. The number of unbranched alkanes of at least 4 members (excludes halogenated alkanes) is 5. The molecule has 0 aromatic heterocycles. The quantitative estimate of drug-likeness (QED) is 0.0805. The van der Waals surface area contributed by atoms with Gasteiger partial charge in [-0.25, -0.2) is 22.0 Å². The second kappa shape index (κ2) is 14.1. The van der Waals surface area contributed by atoms with Gasteiger partial charge >= 0.3 is 0 Å². The van der Waals surface area contributed by atoms with Gasteiger partial charge in [-0.1, -0.05) is 52.4 Å². The lowest BCUT2D eigenvalue weighted by atomic mass is 9.82. The van der Waals surface area contributed by atoms with Crippen LogP contribution in [0.25, 0.3) is 0 Å². The summed E-state index contributed by atoms with van der Waals surface area (Å²) in [6, 6.07) is 0. The van der Waals surface area contributed by atoms with Gasteiger partial charge in [-0.15, -0.1) is 0 Å². The molecule has 0 fully saturated rings. The molecule has 0 saturated carbocycles. The highest BCUT2D eigenvalue weighted by Gasteiger charge is 2.37. The van der Waals surface area contributed by atoms with Crippen molar-refractivity contribution >= 4 is 0 Å². The van der Waals surface area contributed by atoms with Crippen molar-refractivity contribution in [3.8, 4) is 0 Å². The van der Waals surface area contributed by atoms with Gasteiger partial charge in [0.2, 0.25) is 5.82 Å². The average molecular weight is 467 g/mol. The fraction of sp³-hybridized carbons (Fsp3) is 0.760. The molecule has 0 bridgehead atoms. The highest BCUT2D eigenvalue weighted by Crippen LogP contribution is 2.35. The number of hydrogen-bond acceptors (Lipinski definition) is 2. The molecule has 7 heteroatoms. The molecule has 0 aliphatic rings. The van der Waals surface area contributed by atoms with E-state index in [1.807, 2.05) is 20.8 Å². The molecule has 2 atom stereocenters. The lowest BCUT2D eigenvalue weighted by Gasteiger charge is -2.38. The predicted molar refractivity (Wildman–Crippen MR) is 117 cm³/mol. The monoisotopic (exact) mass is 466 g/mol. The molecular weight excluding hydrogens is 427 g/mol. The molecule has 1 aromatic rings. The molecule has 186 valence electrons. The molecule has 0 aliphatic heterocycles. The van der Waals surface area contributed by atoms with Gasteiger partial charge in [-0.05, 0) is 46.0 Å². The molecule has 0 N–H and O–H groups in total. The van der Waals surface area contributed by atoms with Crippen LogP contribution in [0.2, 0.25) is 0 Å². The standard InChI is InChI=1S/C25H39F5O2/c1-6-9-10-11-12-13-14-18(25(5,31-7-2)32-8-3)15-17(4)16-19-20(26)22(28)24(30)23(29)21(19)27/h17-18H,6-16H2,1-5H3. The summed E-state index contributed by atoms with van der Waals surface area (Å²) in [5, 5.41) is 0. The molecule has 0 amide bonds. The van der Waals surface area contributed by atoms with Crippen molar-refractivity contribution in [2.45, 2.75) is 98.2 Å². The Kier molecular flexibility index (Phi) is 12.7. The Labute approximate surface area is 189 Å². The zero-order chi connectivity index (χ0) is 24.3. The van der Waals surface area contributed by atoms with E-state index in [-0.39, 0.29) is 18.3 Å². The van der Waals surface area contributed by atoms with E-state index in [1.165, 1.54) is 19.3 Å². The predicted octanol–water partition coefficient (Wildman–Crippen LogP) is 8.11. The minimum Gasteiger partial charge on any atom is -0.350 e. The second-order valence-corrected chi connectivity index (χ2v) is 8.73. The normalized spacial score (nSPS) is 14.1. The smallest absolute Gasteiger partial charge is 0.200 e. The van der Waals surface area contributed by atoms with Crippen LogP contribution >= 0.6 is 0 Å². The zero-order valence-electron chi connectivity index (χ0n) is 20.1. The Bertz CT molecular complexity index is 660. The third-order valence-electron chi connectivity index (χ3n) is 6.05. The minimum absolute atomic E-state index is 0.0789. The van der Waals surface area contributed by atoms with Gasteiger partial charge in [-0.3, -0.25) is 0 Å². The van der Waals surface area contributed by atoms with Crippen LogP contribution in [0.4, 0.5) is 22.0 Å². The number of rotatable bonds is 16.